The molecular weight excluding hydrogens is 430 g/mol. The number of furan rings is 1. The summed E-state index contributed by atoms with van der Waals surface area (Å²) in [5, 5.41) is 19.7. The van der Waals surface area contributed by atoms with Crippen LogP contribution in [-0.4, -0.2) is 27.9 Å². The van der Waals surface area contributed by atoms with E-state index in [1.54, 1.807) is 23.0 Å². The molecular formula is C22H21N5O4S. The lowest BCUT2D eigenvalue weighted by Gasteiger charge is -2.22. The fraction of sp³-hybridized carbons (Fsp3) is 0.273. The maximum Gasteiger partial charge on any atom is 0.407 e. The molecule has 1 atom stereocenters. The van der Waals surface area contributed by atoms with E-state index in [2.05, 4.69) is 21.8 Å². The van der Waals surface area contributed by atoms with E-state index >= 15 is 0 Å². The van der Waals surface area contributed by atoms with Crippen LogP contribution in [0.4, 0.5) is 9.80 Å². The van der Waals surface area contributed by atoms with Gasteiger partial charge in [0, 0.05) is 48.3 Å². The number of carbonyl (C=O) groups is 2. The number of hydrogen-bond acceptors (Lipinski definition) is 7. The van der Waals surface area contributed by atoms with Crippen molar-refractivity contribution < 1.29 is 18.7 Å². The molecule has 1 aliphatic rings. The number of carbonyl (C=O) groups excluding carboxylic acids is 2. The number of rotatable bonds is 6. The number of amides is 2. The Morgan fingerprint density at radius 3 is 3.09 bits per heavy atom. The molecule has 0 saturated carbocycles. The largest absolute Gasteiger partial charge is 0.472 e. The summed E-state index contributed by atoms with van der Waals surface area (Å²) in [7, 11) is 1.81. The molecule has 1 unspecified atom stereocenters. The molecule has 9 nitrogen and oxygen atoms in total. The lowest BCUT2D eigenvalue weighted by molar-refractivity contribution is -0.111. The molecule has 0 aromatic carbocycles. The molecule has 4 rings (SSSR count). The van der Waals surface area contributed by atoms with Crippen LogP contribution in [0.1, 0.15) is 33.6 Å². The molecule has 164 valence electrons. The van der Waals surface area contributed by atoms with E-state index in [1.807, 2.05) is 13.2 Å². The highest BCUT2D eigenvalue weighted by Crippen LogP contribution is 2.38. The normalized spacial score (nSPS) is 15.2. The summed E-state index contributed by atoms with van der Waals surface area (Å²) in [6.45, 7) is 0.338. The van der Waals surface area contributed by atoms with Crippen LogP contribution < -0.4 is 10.6 Å². The zero-order valence-electron chi connectivity index (χ0n) is 17.3. The number of nitriles is 1. The topological polar surface area (TPSA) is 122 Å². The molecule has 3 heterocycles. The molecule has 1 aliphatic carbocycles. The van der Waals surface area contributed by atoms with Gasteiger partial charge in [0.1, 0.15) is 17.2 Å². The molecule has 2 amide bonds. The molecule has 3 aromatic heterocycles. The van der Waals surface area contributed by atoms with E-state index in [4.69, 9.17) is 9.15 Å². The highest BCUT2D eigenvalue weighted by molar-refractivity contribution is 7.16. The number of aromatic nitrogens is 2. The molecule has 3 aromatic rings. The number of nitrogens with zero attached hydrogens (tertiary/aromatic N) is 3. The number of nitrogens with one attached hydrogen (secondary N) is 2. The van der Waals surface area contributed by atoms with Crippen molar-refractivity contribution in [3.63, 3.8) is 0 Å². The van der Waals surface area contributed by atoms with E-state index in [0.717, 1.165) is 21.6 Å². The molecule has 0 radical (unpaired) electrons. The Hall–Kier alpha value is -3.84. The predicted octanol–water partition coefficient (Wildman–Crippen LogP) is 3.38. The first kappa shape index (κ1) is 21.4. The fourth-order valence-corrected chi connectivity index (χ4v) is 4.75. The van der Waals surface area contributed by atoms with Crippen molar-refractivity contribution in [2.45, 2.75) is 31.9 Å². The molecule has 0 saturated heterocycles. The van der Waals surface area contributed by atoms with Crippen molar-refractivity contribution in [2.75, 3.05) is 5.32 Å². The Kier molecular flexibility index (Phi) is 6.37. The summed E-state index contributed by atoms with van der Waals surface area (Å²) in [5.74, 6) is -0.330. The fourth-order valence-electron chi connectivity index (χ4n) is 3.49. The van der Waals surface area contributed by atoms with E-state index in [0.29, 0.717) is 36.4 Å². The number of alkyl carbamates (subject to hydrolysis) is 1. The maximum absolute atomic E-state index is 12.3. The van der Waals surface area contributed by atoms with Gasteiger partial charge in [0.05, 0.1) is 24.3 Å². The van der Waals surface area contributed by atoms with E-state index in [1.165, 1.54) is 29.9 Å². The zero-order valence-corrected chi connectivity index (χ0v) is 18.1. The average Bonchev–Trinajstić information content (AvgIpc) is 3.50. The smallest absolute Gasteiger partial charge is 0.407 e. The van der Waals surface area contributed by atoms with Crippen LogP contribution in [0.25, 0.3) is 6.08 Å². The van der Waals surface area contributed by atoms with Crippen LogP contribution in [0.3, 0.4) is 0 Å². The molecule has 32 heavy (non-hydrogen) atoms. The first-order valence-corrected chi connectivity index (χ1v) is 10.8. The minimum absolute atomic E-state index is 0.286. The molecule has 0 spiro atoms. The van der Waals surface area contributed by atoms with Gasteiger partial charge in [-0.1, -0.05) is 0 Å². The zero-order chi connectivity index (χ0) is 22.5. The average molecular weight is 452 g/mol. The van der Waals surface area contributed by atoms with Gasteiger partial charge >= 0.3 is 6.09 Å². The second-order valence-corrected chi connectivity index (χ2v) is 8.45. The SMILES string of the molecule is Cn1cc(CNC(=O)OC2CCc3c(sc(NC(=O)/C=C/c4ccoc4)c3C#N)C2)cn1. The lowest BCUT2D eigenvalue weighted by Crippen LogP contribution is -2.31. The Morgan fingerprint density at radius 1 is 1.50 bits per heavy atom. The van der Waals surface area contributed by atoms with Crippen LogP contribution >= 0.6 is 11.3 Å². The van der Waals surface area contributed by atoms with E-state index in [9.17, 15) is 14.9 Å². The van der Waals surface area contributed by atoms with Crippen molar-refractivity contribution in [3.8, 4) is 6.07 Å². The van der Waals surface area contributed by atoms with Gasteiger partial charge in [-0.3, -0.25) is 9.48 Å². The summed E-state index contributed by atoms with van der Waals surface area (Å²) in [6, 6.07) is 3.94. The second kappa shape index (κ2) is 9.53. The van der Waals surface area contributed by atoms with Gasteiger partial charge in [-0.15, -0.1) is 11.3 Å². The summed E-state index contributed by atoms with van der Waals surface area (Å²) < 4.78 is 12.2. The van der Waals surface area contributed by atoms with Gasteiger partial charge in [0.25, 0.3) is 0 Å². The minimum Gasteiger partial charge on any atom is -0.472 e. The summed E-state index contributed by atoms with van der Waals surface area (Å²) in [4.78, 5) is 25.4. The van der Waals surface area contributed by atoms with Crippen LogP contribution in [0.5, 0.6) is 0 Å². The number of anilines is 1. The standard InChI is InChI=1S/C22H21N5O4S/c1-27-12-15(11-25-27)10-24-22(29)31-16-3-4-17-18(9-23)21(32-19(17)8-16)26-20(28)5-2-14-6-7-30-13-14/h2,5-7,11-13,16H,3-4,8,10H2,1H3,(H,24,29)(H,26,28)/b5-2+. The number of aryl methyl sites for hydroxylation is 1. The number of thiophene rings is 1. The first-order valence-electron chi connectivity index (χ1n) is 9.99. The van der Waals surface area contributed by atoms with Crippen molar-refractivity contribution in [1.82, 2.24) is 15.1 Å². The minimum atomic E-state index is -0.489. The maximum atomic E-state index is 12.3. The van der Waals surface area contributed by atoms with Gasteiger partial charge in [-0.05, 0) is 30.5 Å². The lowest BCUT2D eigenvalue weighted by atomic mass is 9.94. The van der Waals surface area contributed by atoms with Crippen molar-refractivity contribution in [3.05, 3.63) is 64.2 Å². The highest BCUT2D eigenvalue weighted by atomic mass is 32.1. The third-order valence-electron chi connectivity index (χ3n) is 5.01. The van der Waals surface area contributed by atoms with Gasteiger partial charge in [0.15, 0.2) is 0 Å². The quantitative estimate of drug-likeness (QED) is 0.554. The third-order valence-corrected chi connectivity index (χ3v) is 6.18. The summed E-state index contributed by atoms with van der Waals surface area (Å²) in [6.07, 6.45) is 10.5. The summed E-state index contributed by atoms with van der Waals surface area (Å²) >= 11 is 1.35. The number of fused-ring (bicyclic) bond motifs is 1. The van der Waals surface area contributed by atoms with Gasteiger partial charge in [0.2, 0.25) is 5.91 Å². The van der Waals surface area contributed by atoms with Gasteiger partial charge in [-0.25, -0.2) is 4.79 Å². The number of hydrogen-bond donors (Lipinski definition) is 2. The highest BCUT2D eigenvalue weighted by Gasteiger charge is 2.28. The summed E-state index contributed by atoms with van der Waals surface area (Å²) in [5.41, 5.74) is 3.05. The van der Waals surface area contributed by atoms with Crippen LogP contribution in [-0.2, 0) is 36.0 Å². The van der Waals surface area contributed by atoms with Crippen molar-refractivity contribution >= 4 is 34.4 Å². The monoisotopic (exact) mass is 451 g/mol. The Bertz CT molecular complexity index is 1190. The van der Waals surface area contributed by atoms with E-state index < -0.39 is 6.09 Å². The Morgan fingerprint density at radius 2 is 2.38 bits per heavy atom. The van der Waals surface area contributed by atoms with Gasteiger partial charge in [-0.2, -0.15) is 10.4 Å². The second-order valence-electron chi connectivity index (χ2n) is 7.34. The van der Waals surface area contributed by atoms with Crippen LogP contribution in [0.2, 0.25) is 0 Å². The molecule has 0 aliphatic heterocycles. The van der Waals surface area contributed by atoms with Crippen LogP contribution in [0.15, 0.2) is 41.5 Å². The first-order chi connectivity index (χ1) is 15.5. The molecule has 10 heteroatoms. The number of ether oxygens (including phenoxy) is 1. The Balaban J connectivity index is 1.35. The Labute approximate surface area is 188 Å². The molecule has 0 bridgehead atoms. The molecule has 2 N–H and O–H groups in total. The van der Waals surface area contributed by atoms with Crippen molar-refractivity contribution in [2.24, 2.45) is 7.05 Å². The van der Waals surface area contributed by atoms with E-state index in [-0.39, 0.29) is 12.0 Å². The molecule has 0 fully saturated rings. The third kappa shape index (κ3) is 5.07. The van der Waals surface area contributed by atoms with Crippen molar-refractivity contribution in [1.29, 1.82) is 5.26 Å². The predicted molar refractivity (Wildman–Crippen MR) is 118 cm³/mol. The van der Waals surface area contributed by atoms with Crippen LogP contribution in [0, 0.1) is 11.3 Å². The van der Waals surface area contributed by atoms with Gasteiger partial charge < -0.3 is 19.8 Å².